The average molecular weight is 272 g/mol. The Hall–Kier alpha value is -1.04. The normalized spacial score (nSPS) is 28.4. The summed E-state index contributed by atoms with van der Waals surface area (Å²) in [4.78, 5) is 0. The van der Waals surface area contributed by atoms with Crippen LogP contribution in [-0.4, -0.2) is 0 Å². The molecule has 0 spiro atoms. The smallest absolute Gasteiger partial charge is 0.00300 e. The minimum absolute atomic E-state index is 0.648. The largest absolute Gasteiger partial charge is 0.0813 e. The highest BCUT2D eigenvalue weighted by Gasteiger charge is 2.09. The summed E-state index contributed by atoms with van der Waals surface area (Å²) in [5.41, 5.74) is 1.50. The molecule has 2 rings (SSSR count). The van der Waals surface area contributed by atoms with Gasteiger partial charge in [0.1, 0.15) is 0 Å². The Morgan fingerprint density at radius 3 is 1.90 bits per heavy atom. The van der Waals surface area contributed by atoms with E-state index in [-0.39, 0.29) is 0 Å². The summed E-state index contributed by atoms with van der Waals surface area (Å²) in [6, 6.07) is 0. The van der Waals surface area contributed by atoms with E-state index in [0.717, 1.165) is 11.8 Å². The average Bonchev–Trinajstić information content (AvgIpc) is 2.40. The molecule has 0 aliphatic heterocycles. The first-order valence-corrected chi connectivity index (χ1v) is 8.15. The number of hydrogen-bond acceptors (Lipinski definition) is 0. The quantitative estimate of drug-likeness (QED) is 0.526. The number of rotatable bonds is 2. The van der Waals surface area contributed by atoms with Crippen LogP contribution < -0.4 is 0 Å². The van der Waals surface area contributed by atoms with Crippen molar-refractivity contribution in [3.05, 3.63) is 48.1 Å². The van der Waals surface area contributed by atoms with Crippen molar-refractivity contribution in [2.45, 2.75) is 48.0 Å². The lowest BCUT2D eigenvalue weighted by Gasteiger charge is -2.16. The fourth-order valence-corrected chi connectivity index (χ4v) is 2.35. The Labute approximate surface area is 126 Å². The molecule has 1 atom stereocenters. The van der Waals surface area contributed by atoms with Crippen molar-refractivity contribution < 1.29 is 0 Å². The van der Waals surface area contributed by atoms with Gasteiger partial charge in [-0.1, -0.05) is 84.1 Å². The van der Waals surface area contributed by atoms with Crippen molar-refractivity contribution >= 4 is 0 Å². The van der Waals surface area contributed by atoms with E-state index in [1.165, 1.54) is 12.0 Å². The minimum atomic E-state index is 0.648. The third-order valence-electron chi connectivity index (χ3n) is 4.05. The highest BCUT2D eigenvalue weighted by atomic mass is 14.1. The molecule has 0 aromatic rings. The summed E-state index contributed by atoms with van der Waals surface area (Å²) in [7, 11) is 0. The van der Waals surface area contributed by atoms with Gasteiger partial charge in [-0.15, -0.1) is 0 Å². The molecule has 0 bridgehead atoms. The van der Waals surface area contributed by atoms with Gasteiger partial charge in [0, 0.05) is 0 Å². The van der Waals surface area contributed by atoms with Gasteiger partial charge < -0.3 is 0 Å². The highest BCUT2D eigenvalue weighted by Crippen LogP contribution is 2.21. The van der Waals surface area contributed by atoms with Crippen molar-refractivity contribution in [1.29, 1.82) is 0 Å². The zero-order chi connectivity index (χ0) is 15.1. The van der Waals surface area contributed by atoms with Gasteiger partial charge in [-0.2, -0.15) is 0 Å². The molecule has 0 heterocycles. The maximum atomic E-state index is 2.36. The molecule has 0 saturated heterocycles. The van der Waals surface area contributed by atoms with E-state index < -0.39 is 0 Å². The summed E-state index contributed by atoms with van der Waals surface area (Å²) in [6.07, 6.45) is 17.3. The van der Waals surface area contributed by atoms with Crippen LogP contribution >= 0.6 is 0 Å². The summed E-state index contributed by atoms with van der Waals surface area (Å²) in [5, 5.41) is 0. The highest BCUT2D eigenvalue weighted by molar-refractivity contribution is 5.24. The molecule has 0 N–H and O–H groups in total. The zero-order valence-corrected chi connectivity index (χ0v) is 14.1. The van der Waals surface area contributed by atoms with E-state index in [9.17, 15) is 0 Å². The van der Waals surface area contributed by atoms with Crippen LogP contribution in [0.4, 0.5) is 0 Å². The molecule has 0 aromatic carbocycles. The van der Waals surface area contributed by atoms with E-state index in [0.29, 0.717) is 17.8 Å². The van der Waals surface area contributed by atoms with Crippen LogP contribution in [0, 0.1) is 29.6 Å². The molecule has 20 heavy (non-hydrogen) atoms. The summed E-state index contributed by atoms with van der Waals surface area (Å²) in [5.74, 6) is 3.53. The lowest BCUT2D eigenvalue weighted by Crippen LogP contribution is -2.05. The van der Waals surface area contributed by atoms with E-state index in [4.69, 9.17) is 0 Å². The Morgan fingerprint density at radius 2 is 1.50 bits per heavy atom. The van der Waals surface area contributed by atoms with Crippen molar-refractivity contribution in [3.63, 3.8) is 0 Å². The minimum Gasteiger partial charge on any atom is -0.0813 e. The molecule has 0 nitrogen and oxygen atoms in total. The van der Waals surface area contributed by atoms with Crippen molar-refractivity contribution in [1.82, 2.24) is 0 Å². The number of allylic oxidation sites excluding steroid dienone is 8. The molecule has 0 heteroatoms. The van der Waals surface area contributed by atoms with Gasteiger partial charge in [-0.25, -0.2) is 0 Å². The van der Waals surface area contributed by atoms with Gasteiger partial charge in [0.15, 0.2) is 0 Å². The van der Waals surface area contributed by atoms with Gasteiger partial charge in [0.2, 0.25) is 0 Å². The van der Waals surface area contributed by atoms with Crippen LogP contribution in [0.3, 0.4) is 0 Å². The van der Waals surface area contributed by atoms with Gasteiger partial charge in [0.05, 0.1) is 0 Å². The van der Waals surface area contributed by atoms with Crippen LogP contribution in [-0.2, 0) is 0 Å². The predicted octanol–water partition coefficient (Wildman–Crippen LogP) is 6.19. The van der Waals surface area contributed by atoms with Crippen molar-refractivity contribution in [2.24, 2.45) is 29.6 Å². The maximum Gasteiger partial charge on any atom is -0.00300 e. The van der Waals surface area contributed by atoms with Crippen LogP contribution in [0.15, 0.2) is 48.1 Å². The Balaban J connectivity index is 0.000000200. The second kappa shape index (κ2) is 8.29. The van der Waals surface area contributed by atoms with E-state index in [1.54, 1.807) is 0 Å². The second-order valence-electron chi connectivity index (χ2n) is 6.88. The first-order valence-electron chi connectivity index (χ1n) is 8.15. The molecule has 0 saturated carbocycles. The lowest BCUT2D eigenvalue weighted by molar-refractivity contribution is 0.539. The Morgan fingerprint density at radius 1 is 0.900 bits per heavy atom. The van der Waals surface area contributed by atoms with Crippen LogP contribution in [0.2, 0.25) is 0 Å². The number of hydrogen-bond donors (Lipinski definition) is 0. The van der Waals surface area contributed by atoms with Crippen molar-refractivity contribution in [2.75, 3.05) is 0 Å². The lowest BCUT2D eigenvalue weighted by atomic mass is 9.89. The molecule has 2 aliphatic rings. The van der Waals surface area contributed by atoms with E-state index >= 15 is 0 Å². The summed E-state index contributed by atoms with van der Waals surface area (Å²) in [6.45, 7) is 13.5. The first kappa shape index (κ1) is 17.0. The van der Waals surface area contributed by atoms with Gasteiger partial charge in [0.25, 0.3) is 0 Å². The molecular formula is C20H32. The summed E-state index contributed by atoms with van der Waals surface area (Å²) >= 11 is 0. The van der Waals surface area contributed by atoms with Crippen LogP contribution in [0.25, 0.3) is 0 Å². The molecule has 112 valence electrons. The summed E-state index contributed by atoms with van der Waals surface area (Å²) < 4.78 is 0. The topological polar surface area (TPSA) is 0 Å². The van der Waals surface area contributed by atoms with Gasteiger partial charge >= 0.3 is 0 Å². The first-order chi connectivity index (χ1) is 9.40. The molecular weight excluding hydrogens is 240 g/mol. The molecule has 2 aliphatic carbocycles. The van der Waals surface area contributed by atoms with Gasteiger partial charge in [-0.05, 0) is 41.6 Å². The fourth-order valence-electron chi connectivity index (χ4n) is 2.35. The monoisotopic (exact) mass is 272 g/mol. The molecule has 0 amide bonds. The molecule has 0 aromatic heterocycles. The van der Waals surface area contributed by atoms with Gasteiger partial charge in [-0.3, -0.25) is 0 Å². The second-order valence-corrected chi connectivity index (χ2v) is 6.88. The molecule has 0 radical (unpaired) electrons. The standard InChI is InChI=1S/2C10H16/c2*1-8(2)10-6-4-9(3)5-7-10/h4,6-9H,5H2,1-3H3;4-10H,1-3H3. The fraction of sp³-hybridized carbons (Fsp3) is 0.600. The SMILES string of the molecule is CC1C=CC(C(C)C)=CC1.CC1C=CC(C(C)C)C=C1. The van der Waals surface area contributed by atoms with Crippen molar-refractivity contribution in [3.8, 4) is 0 Å². The van der Waals surface area contributed by atoms with E-state index in [1.807, 2.05) is 0 Å². The van der Waals surface area contributed by atoms with Crippen LogP contribution in [0.5, 0.6) is 0 Å². The molecule has 0 fully saturated rings. The third kappa shape index (κ3) is 5.94. The van der Waals surface area contributed by atoms with E-state index in [2.05, 4.69) is 84.1 Å². The van der Waals surface area contributed by atoms with Crippen LogP contribution in [0.1, 0.15) is 48.0 Å². The Kier molecular flexibility index (Phi) is 7.05. The predicted molar refractivity (Wildman–Crippen MR) is 91.6 cm³/mol. The maximum absolute atomic E-state index is 2.36. The Bertz CT molecular complexity index is 376. The third-order valence-corrected chi connectivity index (χ3v) is 4.05. The zero-order valence-electron chi connectivity index (χ0n) is 14.1. The molecule has 1 unspecified atom stereocenters.